The van der Waals surface area contributed by atoms with Gasteiger partial charge in [0.1, 0.15) is 24.0 Å². The van der Waals surface area contributed by atoms with Crippen LogP contribution in [0.4, 0.5) is 17.6 Å². The van der Waals surface area contributed by atoms with Crippen molar-refractivity contribution in [3.63, 3.8) is 0 Å². The van der Waals surface area contributed by atoms with Gasteiger partial charge in [-0.05, 0) is 77.7 Å². The van der Waals surface area contributed by atoms with Gasteiger partial charge in [-0.15, -0.1) is 6.58 Å². The summed E-state index contributed by atoms with van der Waals surface area (Å²) in [7, 11) is -3.54. The highest BCUT2D eigenvalue weighted by Gasteiger charge is 2.28. The minimum Gasteiger partial charge on any atom is -0.507 e. The molecule has 2 unspecified atom stereocenters. The van der Waals surface area contributed by atoms with Gasteiger partial charge in [0.05, 0.1) is 21.5 Å². The maximum absolute atomic E-state index is 12.8. The summed E-state index contributed by atoms with van der Waals surface area (Å²) in [6.07, 6.45) is 1.08. The van der Waals surface area contributed by atoms with E-state index in [0.29, 0.717) is 22.3 Å². The van der Waals surface area contributed by atoms with Gasteiger partial charge in [0, 0.05) is 11.8 Å². The average molecular weight is 949 g/mol. The molecule has 0 aliphatic rings. The molecule has 0 aliphatic carbocycles. The molecule has 4 rings (SSSR count). The Bertz CT molecular complexity index is 2200. The second kappa shape index (κ2) is 26.1. The molecule has 0 bridgehead atoms. The molecule has 22 heteroatoms. The number of aliphatic carboxylic acids is 2. The molecule has 61 heavy (non-hydrogen) atoms. The first kappa shape index (κ1) is 54.8. The number of phenolic OH excluding ortho intramolecular Hbond substituents is 1. The van der Waals surface area contributed by atoms with E-state index in [0.717, 1.165) is 0 Å². The molecule has 2 atom stereocenters. The lowest BCUT2D eigenvalue weighted by molar-refractivity contribution is -0.140. The third kappa shape index (κ3) is 17.9. The molecule has 4 aromatic rings. The molecule has 0 radical (unpaired) electrons. The fourth-order valence-corrected chi connectivity index (χ4v) is 4.33. The Morgan fingerprint density at radius 3 is 1.48 bits per heavy atom. The maximum atomic E-state index is 12.8. The number of halogens is 5. The van der Waals surface area contributed by atoms with Crippen LogP contribution in [-0.4, -0.2) is 94.5 Å². The van der Waals surface area contributed by atoms with Crippen molar-refractivity contribution < 1.29 is 91.8 Å². The fourth-order valence-electron chi connectivity index (χ4n) is 3.89. The largest absolute Gasteiger partial charge is 0.507 e. The molecule has 0 amide bonds. The van der Waals surface area contributed by atoms with Gasteiger partial charge < -0.3 is 45.7 Å². The fraction of sp³-hybridized carbons (Fsp3) is 0.179. The van der Waals surface area contributed by atoms with Crippen LogP contribution < -0.4 is 0 Å². The molecule has 9 N–H and O–H groups in total. The van der Waals surface area contributed by atoms with Gasteiger partial charge in [-0.3, -0.25) is 14.4 Å². The Morgan fingerprint density at radius 1 is 0.738 bits per heavy atom. The van der Waals surface area contributed by atoms with Gasteiger partial charge in [0.2, 0.25) is 7.37 Å². The summed E-state index contributed by atoms with van der Waals surface area (Å²) in [4.78, 5) is 65.0. The van der Waals surface area contributed by atoms with Crippen LogP contribution in [0, 0.1) is 43.0 Å². The Balaban J connectivity index is 0.000000776. The number of carboxylic acids is 5. The number of aromatic carboxylic acids is 3. The molecule has 0 spiro atoms. The van der Waals surface area contributed by atoms with E-state index in [4.69, 9.17) is 35.5 Å². The Kier molecular flexibility index (Phi) is 23.4. The number of phenols is 1. The summed E-state index contributed by atoms with van der Waals surface area (Å²) in [6.45, 7) is 8.04. The minimum atomic E-state index is -3.54. The number of para-hydroxylation sites is 1. The quantitative estimate of drug-likeness (QED) is 0.0181. The van der Waals surface area contributed by atoms with E-state index in [1.54, 1.807) is 63.2 Å². The maximum Gasteiger partial charge on any atom is 0.341 e. The second-order valence-electron chi connectivity index (χ2n) is 11.8. The van der Waals surface area contributed by atoms with Crippen molar-refractivity contribution in [2.24, 2.45) is 10.9 Å². The summed E-state index contributed by atoms with van der Waals surface area (Å²) in [5, 5.41) is 68.5. The number of aromatic hydroxyl groups is 1. The highest BCUT2D eigenvalue weighted by atomic mass is 79.9. The second-order valence-corrected chi connectivity index (χ2v) is 14.9. The highest BCUT2D eigenvalue weighted by molar-refractivity contribution is 9.10. The van der Waals surface area contributed by atoms with Crippen LogP contribution in [-0.2, 0) is 14.2 Å². The number of hydrogen-bond donors (Lipinski definition) is 9. The monoisotopic (exact) mass is 947 g/mol. The average Bonchev–Trinajstić information content (AvgIpc) is 3.21. The third-order valence-electron chi connectivity index (χ3n) is 7.29. The predicted octanol–water partition coefficient (Wildman–Crippen LogP) is 7.09. The number of carbonyl (C=O) groups is 5. The van der Waals surface area contributed by atoms with Crippen molar-refractivity contribution >= 4 is 59.4 Å². The molecular weight excluding hydrogens is 909 g/mol. The zero-order chi connectivity index (χ0) is 47.4. The summed E-state index contributed by atoms with van der Waals surface area (Å²) in [6, 6.07) is 17.2. The summed E-state index contributed by atoms with van der Waals surface area (Å²) in [5.41, 5.74) is 0.649. The first-order valence-corrected chi connectivity index (χ1v) is 19.4. The zero-order valence-corrected chi connectivity index (χ0v) is 34.5. The summed E-state index contributed by atoms with van der Waals surface area (Å²) < 4.78 is 59.9. The van der Waals surface area contributed by atoms with E-state index in [1.165, 1.54) is 30.5 Å². The molecule has 4 aromatic carbocycles. The highest BCUT2D eigenvalue weighted by Crippen LogP contribution is 2.36. The van der Waals surface area contributed by atoms with E-state index in [2.05, 4.69) is 27.5 Å². The molecule has 0 aromatic heterocycles. The first-order chi connectivity index (χ1) is 28.3. The molecule has 0 saturated heterocycles. The van der Waals surface area contributed by atoms with Gasteiger partial charge in [0.25, 0.3) is 0 Å². The van der Waals surface area contributed by atoms with E-state index >= 15 is 0 Å². The number of benzene rings is 4. The number of aliphatic imine (C=N–C) groups is 1. The van der Waals surface area contributed by atoms with E-state index in [1.807, 2.05) is 6.07 Å². The van der Waals surface area contributed by atoms with Crippen molar-refractivity contribution in [2.45, 2.75) is 26.8 Å². The topological polar surface area (TPSA) is 297 Å². The minimum absolute atomic E-state index is 0.0726. The molecular formula is C39H39BrF4NO15P. The number of aliphatic hydroxyl groups is 2. The van der Waals surface area contributed by atoms with Crippen molar-refractivity contribution in [1.29, 1.82) is 0 Å². The number of aliphatic hydroxyl groups excluding tert-OH is 2. The lowest BCUT2D eigenvalue weighted by Crippen LogP contribution is -2.10. The SMILES string of the molecule is C=CC(C)C(=O)O.Cc1cc(C(=O)O)c(C)cc1C(=O)O.O=C(O)C(N=Cc1ccccc1O)c1ccccc1.O=C(O)c1c(F)c(F)c(Br)c(F)c1F.O=P(O)(CO)CO. The number of nitrogens with zero attached hydrogens (tertiary/aromatic N) is 1. The predicted molar refractivity (Wildman–Crippen MR) is 214 cm³/mol. The van der Waals surface area contributed by atoms with E-state index in [-0.39, 0.29) is 16.9 Å². The van der Waals surface area contributed by atoms with Crippen molar-refractivity contribution in [1.82, 2.24) is 0 Å². The number of rotatable bonds is 11. The zero-order valence-electron chi connectivity index (χ0n) is 32.0. The molecule has 330 valence electrons. The van der Waals surface area contributed by atoms with E-state index in [9.17, 15) is 56.3 Å². The van der Waals surface area contributed by atoms with Crippen LogP contribution in [0.1, 0.15) is 66.3 Å². The van der Waals surface area contributed by atoms with Gasteiger partial charge >= 0.3 is 29.8 Å². The van der Waals surface area contributed by atoms with Gasteiger partial charge in [-0.2, -0.15) is 0 Å². The van der Waals surface area contributed by atoms with Gasteiger partial charge in [0.15, 0.2) is 29.3 Å². The first-order valence-electron chi connectivity index (χ1n) is 16.6. The Labute approximate surface area is 352 Å². The van der Waals surface area contributed by atoms with Crippen molar-refractivity contribution in [3.05, 3.63) is 146 Å². The van der Waals surface area contributed by atoms with Crippen LogP contribution in [0.3, 0.4) is 0 Å². The van der Waals surface area contributed by atoms with Gasteiger partial charge in [-0.1, -0.05) is 48.5 Å². The number of aryl methyl sites for hydroxylation is 2. The molecule has 0 aliphatic heterocycles. The van der Waals surface area contributed by atoms with Crippen molar-refractivity contribution in [2.75, 3.05) is 12.7 Å². The van der Waals surface area contributed by atoms with Gasteiger partial charge in [-0.25, -0.2) is 36.7 Å². The lowest BCUT2D eigenvalue weighted by Gasteiger charge is -2.07. The number of carboxylic acid groups (broad SMARTS) is 5. The normalized spacial score (nSPS) is 11.3. The Hall–Kier alpha value is -6.25. The van der Waals surface area contributed by atoms with Crippen LogP contribution >= 0.6 is 23.3 Å². The molecule has 0 fully saturated rings. The third-order valence-corrected chi connectivity index (χ3v) is 8.87. The number of hydrogen-bond acceptors (Lipinski definition) is 10. The van der Waals surface area contributed by atoms with Crippen LogP contribution in [0.25, 0.3) is 0 Å². The molecule has 0 heterocycles. The Morgan fingerprint density at radius 2 is 1.16 bits per heavy atom. The van der Waals surface area contributed by atoms with Crippen LogP contribution in [0.2, 0.25) is 0 Å². The van der Waals surface area contributed by atoms with Crippen LogP contribution in [0.15, 0.2) is 88.9 Å². The standard InChI is InChI=1S/C15H13NO3.C10H10O4.C7HBrF4O2.C5H8O2.C2H7O4P/c17-13-9-5-4-8-12(13)10-16-14(15(18)19)11-6-2-1-3-7-11;1-5-3-8(10(13)14)6(2)4-7(5)9(11)12;8-2-5(11)3(9)1(7(13)14)4(10)6(2)12;1-3-4(2)5(6)7;3-1-7(5,6)2-4/h1-10,14,17H,(H,18,19);3-4H,1-2H3,(H,11,12)(H,13,14);(H,13,14);3-4H,1H2,2H3,(H,6,7);3-4H,1-2H2,(H,5,6). The van der Waals surface area contributed by atoms with Crippen molar-refractivity contribution in [3.8, 4) is 5.75 Å². The smallest absolute Gasteiger partial charge is 0.341 e. The van der Waals surface area contributed by atoms with E-state index < -0.39 is 95.2 Å². The molecule has 16 nitrogen and oxygen atoms in total. The molecule has 0 saturated carbocycles. The summed E-state index contributed by atoms with van der Waals surface area (Å²) >= 11 is 2.24. The summed E-state index contributed by atoms with van der Waals surface area (Å²) in [5.74, 6) is -13.8. The lowest BCUT2D eigenvalue weighted by atomic mass is 10.0. The van der Waals surface area contributed by atoms with Crippen LogP contribution in [0.5, 0.6) is 5.75 Å².